The number of aliphatic hydroxyl groups is 2. The average molecular weight is 449 g/mol. The van der Waals surface area contributed by atoms with E-state index in [2.05, 4.69) is 6.58 Å². The summed E-state index contributed by atoms with van der Waals surface area (Å²) >= 11 is 0. The maximum atomic E-state index is 13.8. The van der Waals surface area contributed by atoms with Gasteiger partial charge >= 0.3 is 11.9 Å². The molecule has 4 bridgehead atoms. The molecule has 32 heavy (non-hydrogen) atoms. The Kier molecular flexibility index (Phi) is 4.42. The number of hydrogen-bond acceptors (Lipinski definition) is 8. The minimum absolute atomic E-state index is 0.0524. The number of Topliss-reactive ketones (excluding diaryl/α,β-unsaturated/α-hetero) is 1. The van der Waals surface area contributed by atoms with Gasteiger partial charge in [-0.05, 0) is 42.6 Å². The highest BCUT2D eigenvalue weighted by atomic mass is 16.7. The second-order valence-electron chi connectivity index (χ2n) is 11.1. The standard InChI is InChI=1S/C24H32O8/c1-11-14-6-7-15-22-10-30-24(29,23(15,18(11)27)19(14)28)20(32-13(3)26)17(22)21(4,5)9-8-16(22)31-12(2)25/h14-17,19-20,28-29H,1,6-10H2,2-5H3/t14-,15-,16-,17+,19+,20-,22+,23-,24+/m0/s1. The first-order valence-electron chi connectivity index (χ1n) is 11.5. The van der Waals surface area contributed by atoms with Crippen LogP contribution in [-0.2, 0) is 28.6 Å². The molecule has 8 heteroatoms. The van der Waals surface area contributed by atoms with E-state index in [1.54, 1.807) is 0 Å². The van der Waals surface area contributed by atoms with Gasteiger partial charge in [0.25, 0.3) is 0 Å². The van der Waals surface area contributed by atoms with Crippen LogP contribution in [0.1, 0.15) is 53.4 Å². The zero-order chi connectivity index (χ0) is 23.4. The van der Waals surface area contributed by atoms with Crippen molar-refractivity contribution in [1.29, 1.82) is 0 Å². The highest BCUT2D eigenvalue weighted by molar-refractivity contribution is 6.05. The molecule has 0 amide bonds. The van der Waals surface area contributed by atoms with E-state index in [9.17, 15) is 24.6 Å². The van der Waals surface area contributed by atoms with Gasteiger partial charge in [-0.3, -0.25) is 14.4 Å². The van der Waals surface area contributed by atoms with Crippen LogP contribution in [0.15, 0.2) is 12.2 Å². The van der Waals surface area contributed by atoms with E-state index in [0.29, 0.717) is 25.7 Å². The van der Waals surface area contributed by atoms with Gasteiger partial charge in [-0.1, -0.05) is 20.4 Å². The minimum atomic E-state index is -2.19. The second kappa shape index (κ2) is 6.42. The predicted octanol–water partition coefficient (Wildman–Crippen LogP) is 1.52. The van der Waals surface area contributed by atoms with Crippen molar-refractivity contribution in [3.05, 3.63) is 12.2 Å². The van der Waals surface area contributed by atoms with Crippen LogP contribution in [0.25, 0.3) is 0 Å². The molecule has 4 aliphatic carbocycles. The number of hydrogen-bond donors (Lipinski definition) is 2. The van der Waals surface area contributed by atoms with Crippen LogP contribution >= 0.6 is 0 Å². The lowest BCUT2D eigenvalue weighted by atomic mass is 9.35. The molecular weight excluding hydrogens is 416 g/mol. The molecule has 0 aromatic rings. The number of fused-ring (bicyclic) bond motifs is 2. The largest absolute Gasteiger partial charge is 0.462 e. The minimum Gasteiger partial charge on any atom is -0.462 e. The summed E-state index contributed by atoms with van der Waals surface area (Å²) in [6.07, 6.45) is -0.667. The number of ether oxygens (including phenoxy) is 3. The molecular formula is C24H32O8. The average Bonchev–Trinajstić information content (AvgIpc) is 2.80. The van der Waals surface area contributed by atoms with Gasteiger partial charge in [0, 0.05) is 31.1 Å². The van der Waals surface area contributed by atoms with E-state index >= 15 is 0 Å². The molecule has 4 saturated carbocycles. The maximum absolute atomic E-state index is 13.8. The Morgan fingerprint density at radius 2 is 1.78 bits per heavy atom. The highest BCUT2D eigenvalue weighted by Crippen LogP contribution is 2.77. The molecule has 176 valence electrons. The van der Waals surface area contributed by atoms with Gasteiger partial charge in [-0.25, -0.2) is 0 Å². The summed E-state index contributed by atoms with van der Waals surface area (Å²) in [5, 5.41) is 23.7. The monoisotopic (exact) mass is 448 g/mol. The fraction of sp³-hybridized carbons (Fsp3) is 0.792. The van der Waals surface area contributed by atoms with E-state index in [0.717, 1.165) is 0 Å². The molecule has 0 aromatic carbocycles. The van der Waals surface area contributed by atoms with Crippen LogP contribution < -0.4 is 0 Å². The summed E-state index contributed by atoms with van der Waals surface area (Å²) in [5.41, 5.74) is -2.74. The number of aliphatic hydroxyl groups excluding tert-OH is 1. The lowest BCUT2D eigenvalue weighted by molar-refractivity contribution is -0.457. The number of carbonyl (C=O) groups is 3. The molecule has 8 nitrogen and oxygen atoms in total. The van der Waals surface area contributed by atoms with Crippen LogP contribution in [0.4, 0.5) is 0 Å². The maximum Gasteiger partial charge on any atom is 0.303 e. The molecule has 2 N–H and O–H groups in total. The van der Waals surface area contributed by atoms with Crippen LogP contribution in [0.2, 0.25) is 0 Å². The lowest BCUT2D eigenvalue weighted by Gasteiger charge is -2.74. The molecule has 2 spiro atoms. The summed E-state index contributed by atoms with van der Waals surface area (Å²) in [4.78, 5) is 38.1. The van der Waals surface area contributed by atoms with Crippen molar-refractivity contribution >= 4 is 17.7 Å². The SMILES string of the molecule is C=C1C(=O)[C@]23[C@H](O)[C@H]1CC[C@H]2[C@@]12CO[C@]3(O)[C@@H](OC(C)=O)[C@@H]1C(C)(C)CC[C@@H]2OC(C)=O. The number of rotatable bonds is 2. The van der Waals surface area contributed by atoms with Crippen LogP contribution in [0.3, 0.4) is 0 Å². The summed E-state index contributed by atoms with van der Waals surface area (Å²) in [5.74, 6) is -5.10. The van der Waals surface area contributed by atoms with E-state index in [4.69, 9.17) is 14.2 Å². The van der Waals surface area contributed by atoms with Crippen LogP contribution in [0, 0.1) is 34.0 Å². The molecule has 2 heterocycles. The normalized spacial score (nSPS) is 50.4. The van der Waals surface area contributed by atoms with Gasteiger partial charge < -0.3 is 24.4 Å². The quantitative estimate of drug-likeness (QED) is 0.482. The molecule has 2 aliphatic heterocycles. The molecule has 6 aliphatic rings. The zero-order valence-electron chi connectivity index (χ0n) is 19.1. The van der Waals surface area contributed by atoms with Crippen LogP contribution in [0.5, 0.6) is 0 Å². The molecule has 9 atom stereocenters. The summed E-state index contributed by atoms with van der Waals surface area (Å²) in [6, 6.07) is 0. The van der Waals surface area contributed by atoms with E-state index in [1.807, 2.05) is 13.8 Å². The van der Waals surface area contributed by atoms with E-state index in [-0.39, 0.29) is 12.2 Å². The molecule has 6 fully saturated rings. The zero-order valence-corrected chi connectivity index (χ0v) is 19.1. The molecule has 0 aromatic heterocycles. The first-order chi connectivity index (χ1) is 14.9. The third-order valence-corrected chi connectivity index (χ3v) is 9.42. The first-order valence-corrected chi connectivity index (χ1v) is 11.5. The van der Waals surface area contributed by atoms with Crippen LogP contribution in [-0.4, -0.2) is 58.6 Å². The van der Waals surface area contributed by atoms with Crippen molar-refractivity contribution in [3.63, 3.8) is 0 Å². The van der Waals surface area contributed by atoms with Crippen molar-refractivity contribution in [2.75, 3.05) is 6.61 Å². The Morgan fingerprint density at radius 3 is 2.41 bits per heavy atom. The molecule has 6 rings (SSSR count). The van der Waals surface area contributed by atoms with E-state index < -0.39 is 75.8 Å². The Morgan fingerprint density at radius 1 is 1.12 bits per heavy atom. The number of esters is 2. The Labute approximate surface area is 187 Å². The van der Waals surface area contributed by atoms with Gasteiger partial charge in [0.1, 0.15) is 11.5 Å². The highest BCUT2D eigenvalue weighted by Gasteiger charge is 2.88. The predicted molar refractivity (Wildman–Crippen MR) is 110 cm³/mol. The van der Waals surface area contributed by atoms with Crippen molar-refractivity contribution in [1.82, 2.24) is 0 Å². The van der Waals surface area contributed by atoms with Crippen molar-refractivity contribution in [2.45, 2.75) is 77.5 Å². The second-order valence-corrected chi connectivity index (χ2v) is 11.1. The Hall–Kier alpha value is -1.77. The van der Waals surface area contributed by atoms with Gasteiger partial charge in [0.15, 0.2) is 11.9 Å². The fourth-order valence-electron chi connectivity index (χ4n) is 8.53. The molecule has 2 saturated heterocycles. The smallest absolute Gasteiger partial charge is 0.303 e. The van der Waals surface area contributed by atoms with Crippen molar-refractivity contribution in [3.8, 4) is 0 Å². The van der Waals surface area contributed by atoms with Gasteiger partial charge in [-0.15, -0.1) is 0 Å². The van der Waals surface area contributed by atoms with Gasteiger partial charge in [-0.2, -0.15) is 0 Å². The first kappa shape index (κ1) is 22.0. The third-order valence-electron chi connectivity index (χ3n) is 9.42. The van der Waals surface area contributed by atoms with Crippen molar-refractivity contribution in [2.24, 2.45) is 34.0 Å². The number of ketones is 1. The fourth-order valence-corrected chi connectivity index (χ4v) is 8.53. The molecule has 0 radical (unpaired) electrons. The topological polar surface area (TPSA) is 119 Å². The Balaban J connectivity index is 1.81. The summed E-state index contributed by atoms with van der Waals surface area (Å²) < 4.78 is 17.7. The Bertz CT molecular complexity index is 925. The molecule has 0 unspecified atom stereocenters. The van der Waals surface area contributed by atoms with Crippen molar-refractivity contribution < 1.29 is 38.8 Å². The van der Waals surface area contributed by atoms with E-state index in [1.165, 1.54) is 13.8 Å². The summed E-state index contributed by atoms with van der Waals surface area (Å²) in [6.45, 7) is 10.7. The van der Waals surface area contributed by atoms with Gasteiger partial charge in [0.05, 0.1) is 12.7 Å². The van der Waals surface area contributed by atoms with Gasteiger partial charge in [0.2, 0.25) is 5.79 Å². The summed E-state index contributed by atoms with van der Waals surface area (Å²) in [7, 11) is 0. The third kappa shape index (κ3) is 2.21. The lowest BCUT2D eigenvalue weighted by Crippen LogP contribution is -2.86. The number of carbonyl (C=O) groups excluding carboxylic acids is 3.